The third kappa shape index (κ3) is 6.41. The second-order valence-corrected chi connectivity index (χ2v) is 6.52. The van der Waals surface area contributed by atoms with Crippen LogP contribution in [-0.2, 0) is 11.2 Å². The molecule has 0 aliphatic heterocycles. The summed E-state index contributed by atoms with van der Waals surface area (Å²) in [5.74, 6) is 1.01. The van der Waals surface area contributed by atoms with Gasteiger partial charge in [0.25, 0.3) is 0 Å². The molecule has 1 aromatic carbocycles. The molecule has 0 aromatic heterocycles. The minimum Gasteiger partial charge on any atom is -0.364 e. The van der Waals surface area contributed by atoms with Gasteiger partial charge in [0.05, 0.1) is 0 Å². The number of rotatable bonds is 6. The molecule has 0 saturated carbocycles. The van der Waals surface area contributed by atoms with Crippen LogP contribution >= 0.6 is 35.6 Å². The highest BCUT2D eigenvalue weighted by atomic mass is 35.5. The molecule has 0 N–H and O–H groups in total. The van der Waals surface area contributed by atoms with E-state index in [0.29, 0.717) is 19.3 Å². The van der Waals surface area contributed by atoms with Gasteiger partial charge in [0, 0.05) is 37.7 Å². The molecule has 1 aromatic rings. The number of nitrogens with zero attached hydrogens (tertiary/aromatic N) is 1. The van der Waals surface area contributed by atoms with Crippen molar-refractivity contribution in [3.8, 4) is 0 Å². The van der Waals surface area contributed by atoms with Gasteiger partial charge in [-0.05, 0) is 18.1 Å². The number of Topliss-reactive ketones (excluding diaryl/α,β-unsaturated/α-hetero) is 1. The summed E-state index contributed by atoms with van der Waals surface area (Å²) in [5, 5.41) is 0.735. The number of hydrogen-bond donors (Lipinski definition) is 0. The first kappa shape index (κ1) is 16.5. The Labute approximate surface area is 129 Å². The molecule has 0 radical (unpaired) electrons. The number of thioether (sulfide) groups is 1. The first-order valence-electron chi connectivity index (χ1n) is 6.10. The van der Waals surface area contributed by atoms with Crippen LogP contribution in [0.1, 0.15) is 18.4 Å². The van der Waals surface area contributed by atoms with Crippen LogP contribution in [0.25, 0.3) is 0 Å². The van der Waals surface area contributed by atoms with Crippen LogP contribution in [0.3, 0.4) is 0 Å². The highest BCUT2D eigenvalue weighted by Crippen LogP contribution is 2.17. The van der Waals surface area contributed by atoms with Crippen molar-refractivity contribution in [1.29, 1.82) is 0 Å². The fourth-order valence-corrected chi connectivity index (χ4v) is 2.72. The molecule has 0 unspecified atom stereocenters. The number of hydrogen-bond acceptors (Lipinski definition) is 3. The molecule has 0 bridgehead atoms. The predicted octanol–water partition coefficient (Wildman–Crippen LogP) is 3.81. The van der Waals surface area contributed by atoms with E-state index in [1.165, 1.54) is 0 Å². The quantitative estimate of drug-likeness (QED) is 0.744. The van der Waals surface area contributed by atoms with Crippen molar-refractivity contribution in [1.82, 2.24) is 4.90 Å². The van der Waals surface area contributed by atoms with Crippen molar-refractivity contribution in [2.75, 3.05) is 19.8 Å². The van der Waals surface area contributed by atoms with E-state index < -0.39 is 0 Å². The van der Waals surface area contributed by atoms with E-state index in [1.807, 2.05) is 43.3 Å². The lowest BCUT2D eigenvalue weighted by Crippen LogP contribution is -2.16. The summed E-state index contributed by atoms with van der Waals surface area (Å²) in [6.45, 7) is 0. The molecule has 0 aliphatic carbocycles. The van der Waals surface area contributed by atoms with E-state index in [9.17, 15) is 4.79 Å². The third-order valence-corrected chi connectivity index (χ3v) is 4.71. The first-order chi connectivity index (χ1) is 9.00. The monoisotopic (exact) mass is 315 g/mol. The summed E-state index contributed by atoms with van der Waals surface area (Å²) in [4.78, 5) is 13.6. The summed E-state index contributed by atoms with van der Waals surface area (Å²) >= 11 is 12.7. The second kappa shape index (κ2) is 8.56. The van der Waals surface area contributed by atoms with Crippen molar-refractivity contribution in [3.63, 3.8) is 0 Å². The van der Waals surface area contributed by atoms with E-state index in [4.69, 9.17) is 23.8 Å². The van der Waals surface area contributed by atoms with E-state index >= 15 is 0 Å². The zero-order valence-electron chi connectivity index (χ0n) is 11.2. The lowest BCUT2D eigenvalue weighted by molar-refractivity contribution is -0.118. The average molecular weight is 316 g/mol. The molecule has 104 valence electrons. The zero-order chi connectivity index (χ0) is 14.3. The van der Waals surface area contributed by atoms with Gasteiger partial charge in [0.2, 0.25) is 0 Å². The molecular weight excluding hydrogens is 298 g/mol. The molecule has 0 aliphatic rings. The molecule has 0 fully saturated rings. The van der Waals surface area contributed by atoms with Crippen LogP contribution in [0.5, 0.6) is 0 Å². The Bertz CT molecular complexity index is 449. The van der Waals surface area contributed by atoms with Gasteiger partial charge in [-0.2, -0.15) is 0 Å². The number of halogens is 1. The predicted molar refractivity (Wildman–Crippen MR) is 88.1 cm³/mol. The summed E-state index contributed by atoms with van der Waals surface area (Å²) in [6.07, 6.45) is 1.81. The van der Waals surface area contributed by atoms with Gasteiger partial charge in [0.1, 0.15) is 10.1 Å². The fourth-order valence-electron chi connectivity index (χ4n) is 1.48. The lowest BCUT2D eigenvalue weighted by Gasteiger charge is -2.12. The maximum absolute atomic E-state index is 11.8. The standard InChI is InChI=1S/C14H18ClNOS2/c1-16(2)14(18)19-10-9-12(17)8-7-11-5-3-4-6-13(11)15/h3-6H,7-10H2,1-2H3. The fraction of sp³-hybridized carbons (Fsp3) is 0.429. The Morgan fingerprint density at radius 3 is 2.63 bits per heavy atom. The van der Waals surface area contributed by atoms with Gasteiger partial charge in [-0.3, -0.25) is 4.79 Å². The van der Waals surface area contributed by atoms with Crippen LogP contribution in [0, 0.1) is 0 Å². The highest BCUT2D eigenvalue weighted by Gasteiger charge is 2.06. The maximum Gasteiger partial charge on any atom is 0.135 e. The van der Waals surface area contributed by atoms with Gasteiger partial charge < -0.3 is 4.90 Å². The first-order valence-corrected chi connectivity index (χ1v) is 7.87. The van der Waals surface area contributed by atoms with Gasteiger partial charge in [-0.25, -0.2) is 0 Å². The van der Waals surface area contributed by atoms with E-state index in [0.717, 1.165) is 20.7 Å². The van der Waals surface area contributed by atoms with E-state index in [1.54, 1.807) is 11.8 Å². The molecule has 0 atom stereocenters. The Morgan fingerprint density at radius 2 is 2.00 bits per heavy atom. The molecule has 19 heavy (non-hydrogen) atoms. The lowest BCUT2D eigenvalue weighted by atomic mass is 10.1. The molecule has 0 spiro atoms. The van der Waals surface area contributed by atoms with Gasteiger partial charge in [-0.1, -0.05) is 53.8 Å². The van der Waals surface area contributed by atoms with E-state index in [-0.39, 0.29) is 5.78 Å². The van der Waals surface area contributed by atoms with Gasteiger partial charge in [-0.15, -0.1) is 0 Å². The Balaban J connectivity index is 2.25. The van der Waals surface area contributed by atoms with Crippen LogP contribution in [0.15, 0.2) is 24.3 Å². The number of carbonyl (C=O) groups is 1. The molecule has 0 heterocycles. The molecule has 0 saturated heterocycles. The topological polar surface area (TPSA) is 20.3 Å². The zero-order valence-corrected chi connectivity index (χ0v) is 13.6. The minimum absolute atomic E-state index is 0.258. The molecule has 5 heteroatoms. The van der Waals surface area contributed by atoms with Crippen molar-refractivity contribution in [2.45, 2.75) is 19.3 Å². The minimum atomic E-state index is 0.258. The summed E-state index contributed by atoms with van der Waals surface area (Å²) in [7, 11) is 3.82. The summed E-state index contributed by atoms with van der Waals surface area (Å²) in [5.41, 5.74) is 1.04. The smallest absolute Gasteiger partial charge is 0.135 e. The van der Waals surface area contributed by atoms with Gasteiger partial charge in [0.15, 0.2) is 0 Å². The maximum atomic E-state index is 11.8. The second-order valence-electron chi connectivity index (χ2n) is 4.39. The molecule has 0 amide bonds. The third-order valence-electron chi connectivity index (χ3n) is 2.60. The molecular formula is C14H18ClNOS2. The summed E-state index contributed by atoms with van der Waals surface area (Å²) in [6, 6.07) is 7.65. The van der Waals surface area contributed by atoms with Crippen molar-refractivity contribution < 1.29 is 4.79 Å². The van der Waals surface area contributed by atoms with Crippen LogP contribution in [0.2, 0.25) is 5.02 Å². The molecule has 1 rings (SSSR count). The number of thiocarbonyl (C=S) groups is 1. The van der Waals surface area contributed by atoms with E-state index in [2.05, 4.69) is 0 Å². The van der Waals surface area contributed by atoms with Gasteiger partial charge >= 0.3 is 0 Å². The van der Waals surface area contributed by atoms with Crippen LogP contribution in [-0.4, -0.2) is 34.9 Å². The normalized spacial score (nSPS) is 10.3. The SMILES string of the molecule is CN(C)C(=S)SCCC(=O)CCc1ccccc1Cl. The Kier molecular flexibility index (Phi) is 7.42. The number of benzene rings is 1. The highest BCUT2D eigenvalue weighted by molar-refractivity contribution is 8.22. The Morgan fingerprint density at radius 1 is 1.32 bits per heavy atom. The summed E-state index contributed by atoms with van der Waals surface area (Å²) < 4.78 is 0.818. The van der Waals surface area contributed by atoms with Crippen molar-refractivity contribution in [2.24, 2.45) is 0 Å². The number of ketones is 1. The average Bonchev–Trinajstić information content (AvgIpc) is 2.37. The Hall–Kier alpha value is -0.580. The number of aryl methyl sites for hydroxylation is 1. The van der Waals surface area contributed by atoms with Crippen LogP contribution in [0.4, 0.5) is 0 Å². The largest absolute Gasteiger partial charge is 0.364 e. The number of carbonyl (C=O) groups excluding carboxylic acids is 1. The van der Waals surface area contributed by atoms with Crippen molar-refractivity contribution >= 4 is 45.7 Å². The van der Waals surface area contributed by atoms with Crippen LogP contribution < -0.4 is 0 Å². The van der Waals surface area contributed by atoms with Crippen molar-refractivity contribution in [3.05, 3.63) is 34.9 Å². The molecule has 2 nitrogen and oxygen atoms in total.